The Labute approximate surface area is 161 Å². The molecule has 0 aliphatic carbocycles. The highest BCUT2D eigenvalue weighted by Crippen LogP contribution is 2.19. The summed E-state index contributed by atoms with van der Waals surface area (Å²) in [6, 6.07) is 19.2. The van der Waals surface area contributed by atoms with E-state index in [1.165, 1.54) is 28.3 Å². The molecule has 5 heteroatoms. The topological polar surface area (TPSA) is 39.7 Å². The van der Waals surface area contributed by atoms with Gasteiger partial charge in [0.05, 0.1) is 6.54 Å². The molecule has 0 unspecified atom stereocenters. The molecule has 1 fully saturated rings. The quantitative estimate of drug-likeness (QED) is 0.605. The molecule has 1 aliphatic rings. The molecule has 138 valence electrons. The molecule has 0 atom stereocenters. The molecule has 0 aromatic heterocycles. The van der Waals surface area contributed by atoms with Gasteiger partial charge in [-0.2, -0.15) is 11.8 Å². The molecule has 2 aromatic rings. The third-order valence-electron chi connectivity index (χ3n) is 4.38. The maximum absolute atomic E-state index is 4.67. The monoisotopic (exact) mass is 368 g/mol. The Kier molecular flexibility index (Phi) is 7.25. The fourth-order valence-electron chi connectivity index (χ4n) is 2.93. The number of hydrogen-bond acceptors (Lipinski definition) is 3. The van der Waals surface area contributed by atoms with E-state index in [0.717, 1.165) is 32.1 Å². The SMILES string of the molecule is CCNC(=NCc1ccccc1)NCc1ccc(N2CCSCC2)cc1. The lowest BCUT2D eigenvalue weighted by Gasteiger charge is -2.28. The van der Waals surface area contributed by atoms with Crippen LogP contribution in [0.15, 0.2) is 59.6 Å². The van der Waals surface area contributed by atoms with Gasteiger partial charge in [-0.3, -0.25) is 0 Å². The zero-order valence-electron chi connectivity index (χ0n) is 15.4. The van der Waals surface area contributed by atoms with Gasteiger partial charge in [0, 0.05) is 43.4 Å². The van der Waals surface area contributed by atoms with Crippen molar-refractivity contribution in [3.8, 4) is 0 Å². The van der Waals surface area contributed by atoms with E-state index in [0.29, 0.717) is 6.54 Å². The standard InChI is InChI=1S/C21H28N4S/c1-2-22-21(23-16-18-6-4-3-5-7-18)24-17-19-8-10-20(11-9-19)25-12-14-26-15-13-25/h3-11H,2,12-17H2,1H3,(H2,22,23,24). The molecule has 4 nitrogen and oxygen atoms in total. The van der Waals surface area contributed by atoms with Gasteiger partial charge in [-0.05, 0) is 30.2 Å². The third-order valence-corrected chi connectivity index (χ3v) is 5.32. The van der Waals surface area contributed by atoms with E-state index in [1.807, 2.05) is 30.0 Å². The van der Waals surface area contributed by atoms with Crippen LogP contribution in [0.2, 0.25) is 0 Å². The second kappa shape index (κ2) is 10.1. The van der Waals surface area contributed by atoms with Crippen molar-refractivity contribution in [3.63, 3.8) is 0 Å². The third kappa shape index (κ3) is 5.70. The largest absolute Gasteiger partial charge is 0.370 e. The number of benzene rings is 2. The first-order valence-electron chi connectivity index (χ1n) is 9.33. The highest BCUT2D eigenvalue weighted by atomic mass is 32.2. The van der Waals surface area contributed by atoms with Gasteiger partial charge in [0.25, 0.3) is 0 Å². The lowest BCUT2D eigenvalue weighted by Crippen LogP contribution is -2.36. The number of nitrogens with one attached hydrogen (secondary N) is 2. The second-order valence-electron chi connectivity index (χ2n) is 6.30. The fourth-order valence-corrected chi connectivity index (χ4v) is 3.83. The summed E-state index contributed by atoms with van der Waals surface area (Å²) in [5.74, 6) is 3.31. The summed E-state index contributed by atoms with van der Waals surface area (Å²) in [5, 5.41) is 6.74. The number of hydrogen-bond donors (Lipinski definition) is 2. The number of anilines is 1. The van der Waals surface area contributed by atoms with Gasteiger partial charge < -0.3 is 15.5 Å². The Morgan fingerprint density at radius 3 is 2.38 bits per heavy atom. The zero-order valence-corrected chi connectivity index (χ0v) is 16.3. The molecule has 0 saturated carbocycles. The molecule has 1 heterocycles. The minimum absolute atomic E-state index is 0.683. The van der Waals surface area contributed by atoms with E-state index < -0.39 is 0 Å². The van der Waals surface area contributed by atoms with Crippen LogP contribution in [0, 0.1) is 0 Å². The molecule has 2 N–H and O–H groups in total. The van der Waals surface area contributed by atoms with Crippen molar-refractivity contribution in [1.82, 2.24) is 10.6 Å². The Balaban J connectivity index is 1.54. The van der Waals surface area contributed by atoms with Gasteiger partial charge in [0.2, 0.25) is 0 Å². The van der Waals surface area contributed by atoms with Crippen LogP contribution in [0.5, 0.6) is 0 Å². The second-order valence-corrected chi connectivity index (χ2v) is 7.52. The van der Waals surface area contributed by atoms with Gasteiger partial charge in [-0.1, -0.05) is 42.5 Å². The normalized spacial score (nSPS) is 15.0. The Morgan fingerprint density at radius 2 is 1.69 bits per heavy atom. The number of aliphatic imine (C=N–C) groups is 1. The highest BCUT2D eigenvalue weighted by Gasteiger charge is 2.10. The molecule has 1 aliphatic heterocycles. The van der Waals surface area contributed by atoms with Crippen molar-refractivity contribution in [2.24, 2.45) is 4.99 Å². The Hall–Kier alpha value is -2.14. The smallest absolute Gasteiger partial charge is 0.191 e. The van der Waals surface area contributed by atoms with E-state index in [2.05, 4.69) is 63.8 Å². The summed E-state index contributed by atoms with van der Waals surface area (Å²) in [7, 11) is 0. The van der Waals surface area contributed by atoms with Crippen LogP contribution in [0.3, 0.4) is 0 Å². The number of guanidine groups is 1. The summed E-state index contributed by atoms with van der Waals surface area (Å²) in [4.78, 5) is 7.14. The van der Waals surface area contributed by atoms with Gasteiger partial charge in [-0.25, -0.2) is 4.99 Å². The van der Waals surface area contributed by atoms with Crippen molar-refractivity contribution in [2.75, 3.05) is 36.0 Å². The van der Waals surface area contributed by atoms with E-state index in [4.69, 9.17) is 0 Å². The van der Waals surface area contributed by atoms with E-state index >= 15 is 0 Å². The van der Waals surface area contributed by atoms with Crippen molar-refractivity contribution in [1.29, 1.82) is 0 Å². The van der Waals surface area contributed by atoms with Crippen LogP contribution < -0.4 is 15.5 Å². The summed E-state index contributed by atoms with van der Waals surface area (Å²) in [6.45, 7) is 6.70. The van der Waals surface area contributed by atoms with Gasteiger partial charge in [0.15, 0.2) is 5.96 Å². The van der Waals surface area contributed by atoms with Crippen molar-refractivity contribution >= 4 is 23.4 Å². The van der Waals surface area contributed by atoms with E-state index in [9.17, 15) is 0 Å². The minimum atomic E-state index is 0.683. The molecular weight excluding hydrogens is 340 g/mol. The maximum atomic E-state index is 4.67. The number of rotatable bonds is 6. The van der Waals surface area contributed by atoms with Crippen LogP contribution >= 0.6 is 11.8 Å². The molecule has 3 rings (SSSR count). The lowest BCUT2D eigenvalue weighted by atomic mass is 10.2. The van der Waals surface area contributed by atoms with E-state index in [1.54, 1.807) is 0 Å². The average Bonchev–Trinajstić information content (AvgIpc) is 2.72. The first-order chi connectivity index (χ1) is 12.8. The van der Waals surface area contributed by atoms with E-state index in [-0.39, 0.29) is 0 Å². The van der Waals surface area contributed by atoms with Crippen LogP contribution in [0.4, 0.5) is 5.69 Å². The minimum Gasteiger partial charge on any atom is -0.370 e. The number of nitrogens with zero attached hydrogens (tertiary/aromatic N) is 2. The average molecular weight is 369 g/mol. The van der Waals surface area contributed by atoms with Crippen molar-refractivity contribution in [2.45, 2.75) is 20.0 Å². The summed E-state index contributed by atoms with van der Waals surface area (Å²) in [6.07, 6.45) is 0. The van der Waals surface area contributed by atoms with Crippen LogP contribution in [0.1, 0.15) is 18.1 Å². The highest BCUT2D eigenvalue weighted by molar-refractivity contribution is 7.99. The first-order valence-corrected chi connectivity index (χ1v) is 10.5. The predicted molar refractivity (Wildman–Crippen MR) is 114 cm³/mol. The Bertz CT molecular complexity index is 679. The van der Waals surface area contributed by atoms with Crippen molar-refractivity contribution in [3.05, 3.63) is 65.7 Å². The molecule has 26 heavy (non-hydrogen) atoms. The molecular formula is C21H28N4S. The summed E-state index contributed by atoms with van der Waals surface area (Å²) >= 11 is 2.04. The molecule has 0 spiro atoms. The lowest BCUT2D eigenvalue weighted by molar-refractivity contribution is 0.815. The van der Waals surface area contributed by atoms with Gasteiger partial charge in [0.1, 0.15) is 0 Å². The zero-order chi connectivity index (χ0) is 18.0. The summed E-state index contributed by atoms with van der Waals surface area (Å²) in [5.41, 5.74) is 3.82. The first kappa shape index (κ1) is 18.6. The maximum Gasteiger partial charge on any atom is 0.191 e. The predicted octanol–water partition coefficient (Wildman–Crippen LogP) is 3.50. The fraction of sp³-hybridized carbons (Fsp3) is 0.381. The van der Waals surface area contributed by atoms with Gasteiger partial charge in [-0.15, -0.1) is 0 Å². The summed E-state index contributed by atoms with van der Waals surface area (Å²) < 4.78 is 0. The van der Waals surface area contributed by atoms with Crippen LogP contribution in [-0.2, 0) is 13.1 Å². The molecule has 0 bridgehead atoms. The van der Waals surface area contributed by atoms with Gasteiger partial charge >= 0.3 is 0 Å². The van der Waals surface area contributed by atoms with Crippen LogP contribution in [-0.4, -0.2) is 37.1 Å². The van der Waals surface area contributed by atoms with Crippen LogP contribution in [0.25, 0.3) is 0 Å². The van der Waals surface area contributed by atoms with Crippen molar-refractivity contribution < 1.29 is 0 Å². The molecule has 1 saturated heterocycles. The Morgan fingerprint density at radius 1 is 0.962 bits per heavy atom. The molecule has 0 radical (unpaired) electrons. The molecule has 0 amide bonds. The molecule has 2 aromatic carbocycles. The number of thioether (sulfide) groups is 1.